The summed E-state index contributed by atoms with van der Waals surface area (Å²) in [7, 11) is 0. The smallest absolute Gasteiger partial charge is 0.335 e. The van der Waals surface area contributed by atoms with E-state index in [1.54, 1.807) is 12.1 Å². The molecule has 0 bridgehead atoms. The zero-order valence-corrected chi connectivity index (χ0v) is 11.4. The molecule has 0 spiro atoms. The van der Waals surface area contributed by atoms with Crippen molar-refractivity contribution in [2.45, 2.75) is 0 Å². The number of carbonyl (C=O) groups is 2. The Morgan fingerprint density at radius 3 is 1.50 bits per heavy atom. The van der Waals surface area contributed by atoms with Gasteiger partial charge in [0.15, 0.2) is 0 Å². The van der Waals surface area contributed by atoms with Crippen molar-refractivity contribution in [2.24, 2.45) is 0 Å². The van der Waals surface area contributed by atoms with E-state index in [1.165, 1.54) is 18.2 Å². The third kappa shape index (κ3) is 3.10. The minimum absolute atomic E-state index is 0.115. The van der Waals surface area contributed by atoms with Crippen LogP contribution in [0.15, 0.2) is 36.4 Å². The van der Waals surface area contributed by atoms with Crippen molar-refractivity contribution in [3.8, 4) is 11.1 Å². The van der Waals surface area contributed by atoms with E-state index in [0.717, 1.165) is 6.07 Å². The molecular weight excluding hydrogens is 303 g/mol. The summed E-state index contributed by atoms with van der Waals surface area (Å²) >= 11 is 11.8. The number of benzene rings is 2. The Morgan fingerprint density at radius 1 is 0.700 bits per heavy atom. The molecule has 0 aliphatic rings. The lowest BCUT2D eigenvalue weighted by Crippen LogP contribution is -2.03. The second-order valence-electron chi connectivity index (χ2n) is 4.07. The average Bonchev–Trinajstić information content (AvgIpc) is 2.36. The van der Waals surface area contributed by atoms with Gasteiger partial charge in [-0.3, -0.25) is 0 Å². The Morgan fingerprint density at radius 2 is 1.10 bits per heavy atom. The number of halogens is 2. The van der Waals surface area contributed by atoms with Crippen molar-refractivity contribution in [1.82, 2.24) is 0 Å². The number of hydrogen-bond acceptors (Lipinski definition) is 2. The van der Waals surface area contributed by atoms with Crippen molar-refractivity contribution in [1.29, 1.82) is 0 Å². The zero-order valence-electron chi connectivity index (χ0n) is 9.93. The van der Waals surface area contributed by atoms with Gasteiger partial charge in [0.1, 0.15) is 0 Å². The summed E-state index contributed by atoms with van der Waals surface area (Å²) < 4.78 is 0. The number of hydrogen-bond donors (Lipinski definition) is 2. The maximum absolute atomic E-state index is 11.0. The lowest BCUT2D eigenvalue weighted by Gasteiger charge is -2.07. The van der Waals surface area contributed by atoms with E-state index in [4.69, 9.17) is 33.4 Å². The number of carboxylic acid groups (broad SMARTS) is 2. The highest BCUT2D eigenvalue weighted by Crippen LogP contribution is 2.28. The molecule has 2 aromatic rings. The fourth-order valence-corrected chi connectivity index (χ4v) is 2.29. The Hall–Kier alpha value is -2.04. The van der Waals surface area contributed by atoms with Crippen LogP contribution in [0.2, 0.25) is 10.0 Å². The van der Waals surface area contributed by atoms with Crippen molar-refractivity contribution in [3.05, 3.63) is 57.6 Å². The van der Waals surface area contributed by atoms with Gasteiger partial charge in [-0.2, -0.15) is 0 Å². The summed E-state index contributed by atoms with van der Waals surface area (Å²) in [6, 6.07) is 8.54. The summed E-state index contributed by atoms with van der Waals surface area (Å²) in [4.78, 5) is 22.1. The Bertz CT molecular complexity index is 658. The molecule has 0 amide bonds. The largest absolute Gasteiger partial charge is 0.478 e. The van der Waals surface area contributed by atoms with Gasteiger partial charge >= 0.3 is 11.9 Å². The summed E-state index contributed by atoms with van der Waals surface area (Å²) in [5, 5.41) is 18.8. The standard InChI is InChI=1S/C14H8Cl2O4/c15-11-4-8(5-12(16)6-11)7-1-9(13(17)18)3-10(2-7)14(19)20/h1-6H,(H,17,18)(H,19,20). The SMILES string of the molecule is O=C(O)c1cc(C(=O)O)cc(-c2cc(Cl)cc(Cl)c2)c1. The normalized spacial score (nSPS) is 10.3. The highest BCUT2D eigenvalue weighted by Gasteiger charge is 2.13. The first-order valence-corrected chi connectivity index (χ1v) is 6.20. The third-order valence-corrected chi connectivity index (χ3v) is 3.06. The molecule has 0 fully saturated rings. The summed E-state index contributed by atoms with van der Waals surface area (Å²) in [5.41, 5.74) is 0.742. The molecule has 2 rings (SSSR count). The van der Waals surface area contributed by atoms with Crippen LogP contribution in [0.4, 0.5) is 0 Å². The van der Waals surface area contributed by atoms with Crippen LogP contribution in [-0.4, -0.2) is 22.2 Å². The van der Waals surface area contributed by atoms with Crippen LogP contribution in [0.1, 0.15) is 20.7 Å². The first-order chi connectivity index (χ1) is 9.36. The molecule has 102 valence electrons. The molecule has 2 aromatic carbocycles. The molecule has 4 nitrogen and oxygen atoms in total. The van der Waals surface area contributed by atoms with Gasteiger partial charge in [-0.05, 0) is 47.5 Å². The van der Waals surface area contributed by atoms with Crippen LogP contribution in [-0.2, 0) is 0 Å². The van der Waals surface area contributed by atoms with Gasteiger partial charge in [0.2, 0.25) is 0 Å². The van der Waals surface area contributed by atoms with Crippen LogP contribution >= 0.6 is 23.2 Å². The summed E-state index contributed by atoms with van der Waals surface area (Å²) in [6.07, 6.45) is 0. The molecule has 6 heteroatoms. The molecule has 0 saturated carbocycles. The fourth-order valence-electron chi connectivity index (χ4n) is 1.76. The van der Waals surface area contributed by atoms with E-state index in [0.29, 0.717) is 21.2 Å². The van der Waals surface area contributed by atoms with Crippen molar-refractivity contribution in [2.75, 3.05) is 0 Å². The Balaban J connectivity index is 2.66. The van der Waals surface area contributed by atoms with E-state index in [9.17, 15) is 9.59 Å². The van der Waals surface area contributed by atoms with Crippen molar-refractivity contribution >= 4 is 35.1 Å². The van der Waals surface area contributed by atoms with Gasteiger partial charge in [-0.15, -0.1) is 0 Å². The van der Waals surface area contributed by atoms with E-state index in [1.807, 2.05) is 0 Å². The second-order valence-corrected chi connectivity index (χ2v) is 4.94. The lowest BCUT2D eigenvalue weighted by atomic mass is 10.00. The molecule has 0 heterocycles. The highest BCUT2D eigenvalue weighted by atomic mass is 35.5. The molecular formula is C14H8Cl2O4. The van der Waals surface area contributed by atoms with E-state index < -0.39 is 11.9 Å². The summed E-state index contributed by atoms with van der Waals surface area (Å²) in [5.74, 6) is -2.41. The molecule has 0 atom stereocenters. The van der Waals surface area contributed by atoms with Gasteiger partial charge in [-0.25, -0.2) is 9.59 Å². The van der Waals surface area contributed by atoms with Crippen LogP contribution < -0.4 is 0 Å². The molecule has 0 aliphatic carbocycles. The van der Waals surface area contributed by atoms with Gasteiger partial charge in [0, 0.05) is 10.0 Å². The van der Waals surface area contributed by atoms with Gasteiger partial charge in [0.05, 0.1) is 11.1 Å². The second kappa shape index (κ2) is 5.53. The third-order valence-electron chi connectivity index (χ3n) is 2.62. The molecule has 0 saturated heterocycles. The molecule has 20 heavy (non-hydrogen) atoms. The van der Waals surface area contributed by atoms with Crippen LogP contribution in [0, 0.1) is 0 Å². The molecule has 0 aromatic heterocycles. The molecule has 0 unspecified atom stereocenters. The topological polar surface area (TPSA) is 74.6 Å². The first-order valence-electron chi connectivity index (χ1n) is 5.45. The first kappa shape index (κ1) is 14.4. The molecule has 0 radical (unpaired) electrons. The van der Waals surface area contributed by atoms with Crippen LogP contribution in [0.5, 0.6) is 0 Å². The number of carboxylic acids is 2. The van der Waals surface area contributed by atoms with E-state index in [2.05, 4.69) is 0 Å². The van der Waals surface area contributed by atoms with Gasteiger partial charge in [0.25, 0.3) is 0 Å². The maximum atomic E-state index is 11.0. The Labute approximate surface area is 124 Å². The quantitative estimate of drug-likeness (QED) is 0.896. The average molecular weight is 311 g/mol. The van der Waals surface area contributed by atoms with Crippen LogP contribution in [0.25, 0.3) is 11.1 Å². The monoisotopic (exact) mass is 310 g/mol. The predicted molar refractivity (Wildman–Crippen MR) is 75.8 cm³/mol. The van der Waals surface area contributed by atoms with E-state index >= 15 is 0 Å². The van der Waals surface area contributed by atoms with Crippen molar-refractivity contribution in [3.63, 3.8) is 0 Å². The number of aromatic carboxylic acids is 2. The predicted octanol–water partition coefficient (Wildman–Crippen LogP) is 4.06. The van der Waals surface area contributed by atoms with Gasteiger partial charge in [-0.1, -0.05) is 23.2 Å². The molecule has 0 aliphatic heterocycles. The van der Waals surface area contributed by atoms with Crippen molar-refractivity contribution < 1.29 is 19.8 Å². The minimum Gasteiger partial charge on any atom is -0.478 e. The van der Waals surface area contributed by atoms with Crippen LogP contribution in [0.3, 0.4) is 0 Å². The van der Waals surface area contributed by atoms with Gasteiger partial charge < -0.3 is 10.2 Å². The lowest BCUT2D eigenvalue weighted by molar-refractivity contribution is 0.0696. The highest BCUT2D eigenvalue weighted by molar-refractivity contribution is 6.35. The number of rotatable bonds is 3. The Kier molecular flexibility index (Phi) is 3.97. The minimum atomic E-state index is -1.21. The summed E-state index contributed by atoms with van der Waals surface area (Å²) in [6.45, 7) is 0. The zero-order chi connectivity index (χ0) is 14.9. The fraction of sp³-hybridized carbons (Fsp3) is 0. The maximum Gasteiger partial charge on any atom is 0.335 e. The van der Waals surface area contributed by atoms with E-state index in [-0.39, 0.29) is 11.1 Å². The molecule has 2 N–H and O–H groups in total.